The van der Waals surface area contributed by atoms with Crippen LogP contribution in [-0.4, -0.2) is 6.18 Å². The van der Waals surface area contributed by atoms with E-state index >= 15 is 0 Å². The first kappa shape index (κ1) is 14.1. The highest BCUT2D eigenvalue weighted by atomic mass is 35.5. The third kappa shape index (κ3) is 3.26. The Kier molecular flexibility index (Phi) is 3.63. The highest BCUT2D eigenvalue weighted by molar-refractivity contribution is 6.31. The molecule has 0 radical (unpaired) electrons. The van der Waals surface area contributed by atoms with Gasteiger partial charge in [0.25, 0.3) is 0 Å². The molecule has 0 aromatic heterocycles. The average Bonchev–Trinajstić information content (AvgIpc) is 2.14. The largest absolute Gasteiger partial charge is 0.416 e. The molecule has 1 aromatic rings. The highest BCUT2D eigenvalue weighted by Crippen LogP contribution is 2.38. The molecule has 1 unspecified atom stereocenters. The second-order valence-corrected chi connectivity index (χ2v) is 3.66. The van der Waals surface area contributed by atoms with Crippen molar-refractivity contribution < 1.29 is 26.3 Å². The molecule has 0 aliphatic heterocycles. The van der Waals surface area contributed by atoms with Crippen molar-refractivity contribution in [3.63, 3.8) is 0 Å². The minimum Gasteiger partial charge on any atom is -0.316 e. The Morgan fingerprint density at radius 3 is 2.00 bits per heavy atom. The van der Waals surface area contributed by atoms with Crippen LogP contribution in [0.3, 0.4) is 0 Å². The quantitative estimate of drug-likeness (QED) is 0.774. The summed E-state index contributed by atoms with van der Waals surface area (Å²) in [5, 5.41) is -0.456. The number of halogens is 7. The summed E-state index contributed by atoms with van der Waals surface area (Å²) in [5.74, 6) is 0. The molecule has 2 N–H and O–H groups in total. The second kappa shape index (κ2) is 4.38. The van der Waals surface area contributed by atoms with Crippen LogP contribution in [0.2, 0.25) is 5.02 Å². The Labute approximate surface area is 97.2 Å². The van der Waals surface area contributed by atoms with Gasteiger partial charge < -0.3 is 5.73 Å². The van der Waals surface area contributed by atoms with Crippen LogP contribution in [-0.2, 0) is 6.18 Å². The number of rotatable bonds is 1. The predicted molar refractivity (Wildman–Crippen MR) is 49.4 cm³/mol. The van der Waals surface area contributed by atoms with Crippen molar-refractivity contribution in [3.8, 4) is 0 Å². The summed E-state index contributed by atoms with van der Waals surface area (Å²) in [6, 6.07) is -0.905. The van der Waals surface area contributed by atoms with Crippen LogP contribution in [0.25, 0.3) is 0 Å². The first-order valence-electron chi connectivity index (χ1n) is 4.22. The molecule has 17 heavy (non-hydrogen) atoms. The van der Waals surface area contributed by atoms with Gasteiger partial charge in [0.15, 0.2) is 0 Å². The van der Waals surface area contributed by atoms with E-state index in [-0.39, 0.29) is 0 Å². The predicted octanol–water partition coefficient (Wildman–Crippen LogP) is 3.92. The third-order valence-electron chi connectivity index (χ3n) is 2.01. The van der Waals surface area contributed by atoms with Gasteiger partial charge in [0.2, 0.25) is 0 Å². The number of hydrogen-bond acceptors (Lipinski definition) is 1. The van der Waals surface area contributed by atoms with Crippen LogP contribution in [0.4, 0.5) is 26.3 Å². The van der Waals surface area contributed by atoms with Crippen molar-refractivity contribution in [2.45, 2.75) is 18.4 Å². The summed E-state index contributed by atoms with van der Waals surface area (Å²) >= 11 is 5.40. The van der Waals surface area contributed by atoms with Gasteiger partial charge in [-0.25, -0.2) is 0 Å². The average molecular weight is 278 g/mol. The minimum absolute atomic E-state index is 0.306. The van der Waals surface area contributed by atoms with Gasteiger partial charge in [-0.3, -0.25) is 0 Å². The van der Waals surface area contributed by atoms with Gasteiger partial charge in [-0.15, -0.1) is 0 Å². The molecule has 0 saturated carbocycles. The molecule has 0 aliphatic rings. The topological polar surface area (TPSA) is 26.0 Å². The molecule has 0 amide bonds. The Bertz CT molecular complexity index is 411. The van der Waals surface area contributed by atoms with Gasteiger partial charge in [-0.2, -0.15) is 26.3 Å². The first-order chi connectivity index (χ1) is 7.53. The van der Waals surface area contributed by atoms with E-state index in [1.54, 1.807) is 0 Å². The van der Waals surface area contributed by atoms with E-state index in [1.165, 1.54) is 0 Å². The summed E-state index contributed by atoms with van der Waals surface area (Å²) in [7, 11) is 0. The number of hydrogen-bond donors (Lipinski definition) is 1. The zero-order valence-corrected chi connectivity index (χ0v) is 8.79. The normalized spacial score (nSPS) is 14.8. The maximum Gasteiger partial charge on any atom is 0.416 e. The monoisotopic (exact) mass is 277 g/mol. The van der Waals surface area contributed by atoms with Gasteiger partial charge in [-0.05, 0) is 23.8 Å². The second-order valence-electron chi connectivity index (χ2n) is 3.25. The van der Waals surface area contributed by atoms with Crippen LogP contribution >= 0.6 is 11.6 Å². The summed E-state index contributed by atoms with van der Waals surface area (Å²) in [6.45, 7) is 0. The molecule has 0 aliphatic carbocycles. The fourth-order valence-corrected chi connectivity index (χ4v) is 1.37. The van der Waals surface area contributed by atoms with Crippen molar-refractivity contribution in [3.05, 3.63) is 34.3 Å². The van der Waals surface area contributed by atoms with Crippen LogP contribution in [0.1, 0.15) is 17.2 Å². The summed E-state index contributed by atoms with van der Waals surface area (Å²) in [6.07, 6.45) is -9.60. The van der Waals surface area contributed by atoms with Crippen molar-refractivity contribution in [1.82, 2.24) is 0 Å². The van der Waals surface area contributed by atoms with Crippen molar-refractivity contribution in [2.24, 2.45) is 5.73 Å². The Balaban J connectivity index is 3.25. The first-order valence-corrected chi connectivity index (χ1v) is 4.60. The molecule has 1 nitrogen and oxygen atoms in total. The van der Waals surface area contributed by atoms with Gasteiger partial charge >= 0.3 is 12.4 Å². The van der Waals surface area contributed by atoms with E-state index in [0.29, 0.717) is 12.1 Å². The Hall–Kier alpha value is -0.950. The maximum atomic E-state index is 12.3. The third-order valence-corrected chi connectivity index (χ3v) is 2.36. The molecule has 0 bridgehead atoms. The zero-order chi connectivity index (χ0) is 13.4. The van der Waals surface area contributed by atoms with Crippen LogP contribution < -0.4 is 5.73 Å². The molecular formula is C9H6ClF6N. The lowest BCUT2D eigenvalue weighted by Crippen LogP contribution is -2.29. The molecule has 96 valence electrons. The summed E-state index contributed by atoms with van der Waals surface area (Å²) < 4.78 is 73.7. The van der Waals surface area contributed by atoms with Gasteiger partial charge in [0.1, 0.15) is 6.04 Å². The summed E-state index contributed by atoms with van der Waals surface area (Å²) in [4.78, 5) is 0. The van der Waals surface area contributed by atoms with E-state index in [2.05, 4.69) is 0 Å². The molecule has 1 atom stereocenters. The SMILES string of the molecule is NC(c1cc(C(F)(F)F)ccc1Cl)C(F)(F)F. The Morgan fingerprint density at radius 1 is 1.06 bits per heavy atom. The lowest BCUT2D eigenvalue weighted by molar-refractivity contribution is -0.150. The highest BCUT2D eigenvalue weighted by Gasteiger charge is 2.40. The van der Waals surface area contributed by atoms with Crippen LogP contribution in [0.15, 0.2) is 18.2 Å². The van der Waals surface area contributed by atoms with E-state index in [4.69, 9.17) is 17.3 Å². The molecule has 0 heterocycles. The summed E-state index contributed by atoms with van der Waals surface area (Å²) in [5.41, 5.74) is 2.79. The minimum atomic E-state index is -4.85. The molecular weight excluding hydrogens is 272 g/mol. The smallest absolute Gasteiger partial charge is 0.316 e. The number of benzene rings is 1. The molecule has 0 fully saturated rings. The lowest BCUT2D eigenvalue weighted by Gasteiger charge is -2.18. The Morgan fingerprint density at radius 2 is 1.59 bits per heavy atom. The van der Waals surface area contributed by atoms with Crippen LogP contribution in [0.5, 0.6) is 0 Å². The lowest BCUT2D eigenvalue weighted by atomic mass is 10.0. The van der Waals surface area contributed by atoms with Gasteiger partial charge in [0, 0.05) is 5.02 Å². The molecule has 0 spiro atoms. The van der Waals surface area contributed by atoms with E-state index in [9.17, 15) is 26.3 Å². The zero-order valence-electron chi connectivity index (χ0n) is 8.03. The van der Waals surface area contributed by atoms with Crippen molar-refractivity contribution in [2.75, 3.05) is 0 Å². The fourth-order valence-electron chi connectivity index (χ4n) is 1.13. The standard InChI is InChI=1S/C9H6ClF6N/c10-6-2-1-4(8(11,12)13)3-5(6)7(17)9(14,15)16/h1-3,7H,17H2. The van der Waals surface area contributed by atoms with E-state index in [0.717, 1.165) is 6.07 Å². The van der Waals surface area contributed by atoms with Crippen molar-refractivity contribution in [1.29, 1.82) is 0 Å². The molecule has 1 rings (SSSR count). The van der Waals surface area contributed by atoms with Gasteiger partial charge in [-0.1, -0.05) is 11.6 Å². The molecule has 0 saturated heterocycles. The fraction of sp³-hybridized carbons (Fsp3) is 0.333. The molecule has 1 aromatic carbocycles. The number of nitrogens with two attached hydrogens (primary N) is 1. The van der Waals surface area contributed by atoms with E-state index < -0.39 is 34.5 Å². The maximum absolute atomic E-state index is 12.3. The van der Waals surface area contributed by atoms with Crippen LogP contribution in [0, 0.1) is 0 Å². The number of alkyl halides is 6. The van der Waals surface area contributed by atoms with E-state index in [1.807, 2.05) is 0 Å². The van der Waals surface area contributed by atoms with Gasteiger partial charge in [0.05, 0.1) is 5.56 Å². The molecule has 8 heteroatoms. The van der Waals surface area contributed by atoms with Crippen molar-refractivity contribution >= 4 is 11.6 Å².